The van der Waals surface area contributed by atoms with Crippen molar-refractivity contribution in [1.82, 2.24) is 0 Å². The Balaban J connectivity index is 2.09. The predicted octanol–water partition coefficient (Wildman–Crippen LogP) is 5.85. The molecule has 0 saturated carbocycles. The van der Waals surface area contributed by atoms with Gasteiger partial charge in [-0.2, -0.15) is 0 Å². The maximum Gasteiger partial charge on any atom is 0.257 e. The van der Waals surface area contributed by atoms with Gasteiger partial charge in [0, 0.05) is 11.0 Å². The number of hydrogen-bond acceptors (Lipinski definition) is 2. The molecular weight excluding hydrogens is 470 g/mol. The lowest BCUT2D eigenvalue weighted by molar-refractivity contribution is 0.102. The second-order valence-corrected chi connectivity index (χ2v) is 8.73. The summed E-state index contributed by atoms with van der Waals surface area (Å²) in [5.74, 6) is -0.100. The number of rotatable bonds is 5. The third-order valence-corrected chi connectivity index (χ3v) is 5.59. The molecule has 0 saturated heterocycles. The fourth-order valence-electron chi connectivity index (χ4n) is 1.77. The maximum atomic E-state index is 12.2. The molecule has 1 heterocycles. The highest BCUT2D eigenvalue weighted by atomic mass is 79.9. The van der Waals surface area contributed by atoms with Gasteiger partial charge in [-0.15, -0.1) is 11.3 Å². The molecule has 106 valence electrons. The first-order chi connectivity index (χ1) is 9.60. The maximum absolute atomic E-state index is 12.2. The first-order valence-corrected chi connectivity index (χ1v) is 9.53. The normalized spacial score (nSPS) is 10.6. The highest BCUT2D eigenvalue weighted by Gasteiger charge is 2.13. The summed E-state index contributed by atoms with van der Waals surface area (Å²) in [6.07, 6.45) is 2.09. The van der Waals surface area contributed by atoms with Crippen LogP contribution in [0.3, 0.4) is 0 Å². The van der Waals surface area contributed by atoms with Crippen molar-refractivity contribution in [2.45, 2.75) is 12.8 Å². The molecule has 0 atom stereocenters. The van der Waals surface area contributed by atoms with E-state index in [0.717, 1.165) is 31.4 Å². The van der Waals surface area contributed by atoms with Gasteiger partial charge in [-0.05, 0) is 68.5 Å². The fourth-order valence-corrected chi connectivity index (χ4v) is 4.84. The molecule has 20 heavy (non-hydrogen) atoms. The molecule has 0 unspecified atom stereocenters. The van der Waals surface area contributed by atoms with Crippen molar-refractivity contribution in [3.8, 4) is 0 Å². The van der Waals surface area contributed by atoms with Crippen LogP contribution in [0.2, 0.25) is 0 Å². The number of alkyl halides is 1. The van der Waals surface area contributed by atoms with E-state index in [1.165, 1.54) is 16.9 Å². The van der Waals surface area contributed by atoms with Crippen LogP contribution in [0.15, 0.2) is 37.9 Å². The second kappa shape index (κ2) is 7.73. The molecule has 1 amide bonds. The second-order valence-electron chi connectivity index (χ2n) is 4.18. The molecule has 1 aromatic heterocycles. The molecule has 1 N–H and O–H groups in total. The average Bonchev–Trinajstić information content (AvgIpc) is 2.76. The molecule has 2 aromatic rings. The molecule has 6 heteroatoms. The van der Waals surface area contributed by atoms with Gasteiger partial charge < -0.3 is 5.32 Å². The Morgan fingerprint density at radius 3 is 2.70 bits per heavy atom. The van der Waals surface area contributed by atoms with Gasteiger partial charge in [-0.25, -0.2) is 0 Å². The number of thiophene rings is 1. The predicted molar refractivity (Wildman–Crippen MR) is 96.2 cm³/mol. The third-order valence-electron chi connectivity index (χ3n) is 2.69. The topological polar surface area (TPSA) is 29.1 Å². The van der Waals surface area contributed by atoms with Crippen LogP contribution in [0.1, 0.15) is 22.3 Å². The van der Waals surface area contributed by atoms with Crippen molar-refractivity contribution in [3.63, 3.8) is 0 Å². The Morgan fingerprint density at radius 2 is 2.05 bits per heavy atom. The molecule has 0 spiro atoms. The number of aryl methyl sites for hydroxylation is 1. The zero-order chi connectivity index (χ0) is 14.5. The number of carbonyl (C=O) groups excluding carboxylic acids is 1. The standard InChI is InChI=1S/C14H12Br3NOS/c15-6-2-4-9-3-1-5-10(7-9)18-14(19)11-8-12(16)20-13(11)17/h1,3,5,7-8H,2,4,6H2,(H,18,19). The van der Waals surface area contributed by atoms with Gasteiger partial charge in [0.25, 0.3) is 5.91 Å². The van der Waals surface area contributed by atoms with E-state index in [4.69, 9.17) is 0 Å². The molecule has 0 fully saturated rings. The van der Waals surface area contributed by atoms with E-state index in [2.05, 4.69) is 59.2 Å². The summed E-state index contributed by atoms with van der Waals surface area (Å²) in [4.78, 5) is 12.2. The average molecular weight is 482 g/mol. The summed E-state index contributed by atoms with van der Waals surface area (Å²) in [7, 11) is 0. The molecule has 0 radical (unpaired) electrons. The molecule has 0 aliphatic carbocycles. The van der Waals surface area contributed by atoms with E-state index in [9.17, 15) is 4.79 Å². The van der Waals surface area contributed by atoms with Crippen LogP contribution in [-0.2, 0) is 6.42 Å². The molecule has 1 aromatic carbocycles. The quantitative estimate of drug-likeness (QED) is 0.533. The molecule has 0 aliphatic rings. The van der Waals surface area contributed by atoms with Gasteiger partial charge in [0.05, 0.1) is 13.1 Å². The van der Waals surface area contributed by atoms with Gasteiger partial charge >= 0.3 is 0 Å². The van der Waals surface area contributed by atoms with Crippen LogP contribution < -0.4 is 5.32 Å². The third kappa shape index (κ3) is 4.41. The lowest BCUT2D eigenvalue weighted by Gasteiger charge is -2.06. The summed E-state index contributed by atoms with van der Waals surface area (Å²) in [5.41, 5.74) is 2.71. The number of carbonyl (C=O) groups is 1. The summed E-state index contributed by atoms with van der Waals surface area (Å²) in [5, 5.41) is 3.92. The highest BCUT2D eigenvalue weighted by molar-refractivity contribution is 9.12. The zero-order valence-corrected chi connectivity index (χ0v) is 16.0. The Morgan fingerprint density at radius 1 is 1.25 bits per heavy atom. The first kappa shape index (κ1) is 16.2. The Labute approximate surface area is 147 Å². The lowest BCUT2D eigenvalue weighted by atomic mass is 10.1. The van der Waals surface area contributed by atoms with Crippen molar-refractivity contribution in [2.24, 2.45) is 0 Å². The van der Waals surface area contributed by atoms with Crippen molar-refractivity contribution in [1.29, 1.82) is 0 Å². The minimum Gasteiger partial charge on any atom is -0.322 e. The SMILES string of the molecule is O=C(Nc1cccc(CCCBr)c1)c1cc(Br)sc1Br. The fraction of sp³-hybridized carbons (Fsp3) is 0.214. The van der Waals surface area contributed by atoms with Gasteiger partial charge in [0.15, 0.2) is 0 Å². The molecule has 2 rings (SSSR count). The summed E-state index contributed by atoms with van der Waals surface area (Å²) < 4.78 is 1.76. The number of nitrogens with one attached hydrogen (secondary N) is 1. The zero-order valence-electron chi connectivity index (χ0n) is 10.5. The summed E-state index contributed by atoms with van der Waals surface area (Å²) in [6.45, 7) is 0. The van der Waals surface area contributed by atoms with E-state index in [1.54, 1.807) is 0 Å². The summed E-state index contributed by atoms with van der Waals surface area (Å²) in [6, 6.07) is 9.80. The Bertz CT molecular complexity index is 612. The van der Waals surface area contributed by atoms with Gasteiger partial charge in [-0.3, -0.25) is 4.79 Å². The number of hydrogen-bond donors (Lipinski definition) is 1. The van der Waals surface area contributed by atoms with Crippen LogP contribution in [0.5, 0.6) is 0 Å². The first-order valence-electron chi connectivity index (χ1n) is 6.01. The molecule has 0 aliphatic heterocycles. The minimum atomic E-state index is -0.100. The Kier molecular flexibility index (Phi) is 6.26. The van der Waals surface area contributed by atoms with Crippen molar-refractivity contribution in [3.05, 3.63) is 49.0 Å². The molecule has 2 nitrogen and oxygen atoms in total. The largest absolute Gasteiger partial charge is 0.322 e. The van der Waals surface area contributed by atoms with E-state index >= 15 is 0 Å². The minimum absolute atomic E-state index is 0.100. The number of benzene rings is 1. The van der Waals surface area contributed by atoms with E-state index < -0.39 is 0 Å². The molecule has 0 bridgehead atoms. The monoisotopic (exact) mass is 479 g/mol. The summed E-state index contributed by atoms with van der Waals surface area (Å²) >= 11 is 11.7. The number of amides is 1. The highest BCUT2D eigenvalue weighted by Crippen LogP contribution is 2.32. The number of halogens is 3. The van der Waals surface area contributed by atoms with Crippen LogP contribution in [0.4, 0.5) is 5.69 Å². The Hall–Kier alpha value is -0.170. The van der Waals surface area contributed by atoms with Crippen LogP contribution >= 0.6 is 59.1 Å². The van der Waals surface area contributed by atoms with E-state index in [-0.39, 0.29) is 5.91 Å². The number of anilines is 1. The van der Waals surface area contributed by atoms with Crippen molar-refractivity contribution in [2.75, 3.05) is 10.6 Å². The molecular formula is C14H12Br3NOS. The lowest BCUT2D eigenvalue weighted by Crippen LogP contribution is -2.11. The van der Waals surface area contributed by atoms with Crippen molar-refractivity contribution < 1.29 is 4.79 Å². The van der Waals surface area contributed by atoms with Gasteiger partial charge in [0.2, 0.25) is 0 Å². The van der Waals surface area contributed by atoms with Gasteiger partial charge in [-0.1, -0.05) is 28.1 Å². The van der Waals surface area contributed by atoms with Gasteiger partial charge in [0.1, 0.15) is 0 Å². The van der Waals surface area contributed by atoms with Crippen LogP contribution in [-0.4, -0.2) is 11.2 Å². The van der Waals surface area contributed by atoms with E-state index in [0.29, 0.717) is 5.56 Å². The smallest absolute Gasteiger partial charge is 0.257 e. The van der Waals surface area contributed by atoms with E-state index in [1.807, 2.05) is 24.3 Å². The van der Waals surface area contributed by atoms with Crippen molar-refractivity contribution >= 4 is 70.7 Å². The van der Waals surface area contributed by atoms with Crippen LogP contribution in [0, 0.1) is 0 Å². The van der Waals surface area contributed by atoms with Crippen LogP contribution in [0.25, 0.3) is 0 Å².